The minimum Gasteiger partial charge on any atom is -0.478 e. The third-order valence-electron chi connectivity index (χ3n) is 2.98. The molecule has 0 saturated carbocycles. The van der Waals surface area contributed by atoms with Crippen LogP contribution in [0, 0.1) is 17.0 Å². The second-order valence-electron chi connectivity index (χ2n) is 4.33. The van der Waals surface area contributed by atoms with Crippen LogP contribution in [0.15, 0.2) is 36.4 Å². The van der Waals surface area contributed by atoms with Gasteiger partial charge in [0.15, 0.2) is 0 Å². The zero-order valence-corrected chi connectivity index (χ0v) is 11.7. The molecule has 2 aromatic rings. The normalized spacial score (nSPS) is 10.2. The lowest BCUT2D eigenvalue weighted by Crippen LogP contribution is -2.04. The summed E-state index contributed by atoms with van der Waals surface area (Å²) >= 11 is 6.00. The average Bonchev–Trinajstić information content (AvgIpc) is 2.43. The fourth-order valence-corrected chi connectivity index (χ4v) is 1.99. The number of rotatable bonds is 4. The zero-order chi connectivity index (χ0) is 15.6. The molecule has 0 aliphatic heterocycles. The smallest absolute Gasteiger partial charge is 0.338 e. The van der Waals surface area contributed by atoms with Gasteiger partial charge in [0.1, 0.15) is 0 Å². The van der Waals surface area contributed by atoms with Crippen LogP contribution in [-0.4, -0.2) is 16.0 Å². The van der Waals surface area contributed by atoms with E-state index < -0.39 is 10.9 Å². The number of hydrogen-bond donors (Lipinski definition) is 2. The molecule has 2 aromatic carbocycles. The molecule has 108 valence electrons. The van der Waals surface area contributed by atoms with Crippen molar-refractivity contribution < 1.29 is 14.8 Å². The molecule has 0 aliphatic carbocycles. The highest BCUT2D eigenvalue weighted by molar-refractivity contribution is 6.31. The number of carbonyl (C=O) groups is 1. The molecule has 6 nitrogen and oxygen atoms in total. The van der Waals surface area contributed by atoms with Crippen LogP contribution in [0.1, 0.15) is 15.9 Å². The Hall–Kier alpha value is -2.60. The van der Waals surface area contributed by atoms with Crippen molar-refractivity contribution in [2.75, 3.05) is 5.32 Å². The number of benzene rings is 2. The Morgan fingerprint density at radius 1 is 1.29 bits per heavy atom. The van der Waals surface area contributed by atoms with Gasteiger partial charge in [0, 0.05) is 22.8 Å². The molecule has 0 atom stereocenters. The lowest BCUT2D eigenvalue weighted by Gasteiger charge is -2.12. The van der Waals surface area contributed by atoms with E-state index >= 15 is 0 Å². The Balaban J connectivity index is 2.46. The predicted octanol–water partition coefficient (Wildman–Crippen LogP) is 4.00. The third kappa shape index (κ3) is 3.11. The Kier molecular flexibility index (Phi) is 4.09. The van der Waals surface area contributed by atoms with Gasteiger partial charge in [-0.2, -0.15) is 0 Å². The SMILES string of the molecule is Cc1c(Cl)cccc1Nc1ccc([N+](=O)[O-])cc1C(=O)O. The molecule has 0 amide bonds. The van der Waals surface area contributed by atoms with E-state index in [1.165, 1.54) is 12.1 Å². The lowest BCUT2D eigenvalue weighted by molar-refractivity contribution is -0.384. The van der Waals surface area contributed by atoms with Gasteiger partial charge in [-0.25, -0.2) is 4.79 Å². The molecule has 0 saturated heterocycles. The van der Waals surface area contributed by atoms with Gasteiger partial charge in [0.05, 0.1) is 16.2 Å². The first-order chi connectivity index (χ1) is 9.90. The van der Waals surface area contributed by atoms with Crippen LogP contribution in [-0.2, 0) is 0 Å². The number of anilines is 2. The van der Waals surface area contributed by atoms with E-state index in [1.54, 1.807) is 25.1 Å². The Labute approximate surface area is 125 Å². The second kappa shape index (κ2) is 5.80. The van der Waals surface area contributed by atoms with Crippen molar-refractivity contribution in [1.29, 1.82) is 0 Å². The van der Waals surface area contributed by atoms with Crippen molar-refractivity contribution in [1.82, 2.24) is 0 Å². The van der Waals surface area contributed by atoms with E-state index in [0.717, 1.165) is 11.6 Å². The zero-order valence-electron chi connectivity index (χ0n) is 11.0. The van der Waals surface area contributed by atoms with Gasteiger partial charge in [0.2, 0.25) is 0 Å². The summed E-state index contributed by atoms with van der Waals surface area (Å²) in [5.41, 5.74) is 1.20. The minimum atomic E-state index is -1.25. The van der Waals surface area contributed by atoms with Crippen molar-refractivity contribution in [3.05, 3.63) is 62.7 Å². The van der Waals surface area contributed by atoms with Crippen molar-refractivity contribution in [3.63, 3.8) is 0 Å². The first-order valence-electron chi connectivity index (χ1n) is 5.94. The van der Waals surface area contributed by atoms with E-state index in [-0.39, 0.29) is 16.9 Å². The van der Waals surface area contributed by atoms with Crippen LogP contribution < -0.4 is 5.32 Å². The number of nitro benzene ring substituents is 1. The number of nitro groups is 1. The van der Waals surface area contributed by atoms with Crippen LogP contribution in [0.4, 0.5) is 17.1 Å². The van der Waals surface area contributed by atoms with Crippen LogP contribution in [0.3, 0.4) is 0 Å². The van der Waals surface area contributed by atoms with E-state index in [1.807, 2.05) is 0 Å². The van der Waals surface area contributed by atoms with E-state index in [2.05, 4.69) is 5.32 Å². The molecule has 0 unspecified atom stereocenters. The first-order valence-corrected chi connectivity index (χ1v) is 6.32. The summed E-state index contributed by atoms with van der Waals surface area (Å²) in [5, 5.41) is 23.4. The van der Waals surface area contributed by atoms with Crippen molar-refractivity contribution in [2.24, 2.45) is 0 Å². The second-order valence-corrected chi connectivity index (χ2v) is 4.74. The van der Waals surface area contributed by atoms with E-state index in [9.17, 15) is 20.0 Å². The standard InChI is InChI=1S/C14H11ClN2O4/c1-8-11(15)3-2-4-12(8)16-13-6-5-9(17(20)21)7-10(13)14(18)19/h2-7,16H,1H3,(H,18,19). The Morgan fingerprint density at radius 2 is 2.00 bits per heavy atom. The number of nitrogens with one attached hydrogen (secondary N) is 1. The van der Waals surface area contributed by atoms with Gasteiger partial charge in [-0.15, -0.1) is 0 Å². The molecule has 2 N–H and O–H groups in total. The maximum atomic E-state index is 11.2. The highest BCUT2D eigenvalue weighted by atomic mass is 35.5. The van der Waals surface area contributed by atoms with Crippen molar-refractivity contribution in [2.45, 2.75) is 6.92 Å². The van der Waals surface area contributed by atoms with E-state index in [4.69, 9.17) is 11.6 Å². The molecule has 2 rings (SSSR count). The lowest BCUT2D eigenvalue weighted by atomic mass is 10.1. The molecule has 21 heavy (non-hydrogen) atoms. The van der Waals surface area contributed by atoms with Gasteiger partial charge >= 0.3 is 5.97 Å². The van der Waals surface area contributed by atoms with Crippen LogP contribution in [0.2, 0.25) is 5.02 Å². The summed E-state index contributed by atoms with van der Waals surface area (Å²) in [6.45, 7) is 1.79. The van der Waals surface area contributed by atoms with Crippen molar-refractivity contribution >= 4 is 34.6 Å². The molecule has 0 aromatic heterocycles. The number of carboxylic acid groups (broad SMARTS) is 1. The highest BCUT2D eigenvalue weighted by Gasteiger charge is 2.16. The maximum Gasteiger partial charge on any atom is 0.338 e. The van der Waals surface area contributed by atoms with Crippen LogP contribution in [0.5, 0.6) is 0 Å². The van der Waals surface area contributed by atoms with Crippen LogP contribution in [0.25, 0.3) is 0 Å². The summed E-state index contributed by atoms with van der Waals surface area (Å²) < 4.78 is 0. The summed E-state index contributed by atoms with van der Waals surface area (Å²) in [4.78, 5) is 21.3. The first kappa shape index (κ1) is 14.8. The number of carboxylic acids is 1. The van der Waals surface area contributed by atoms with Gasteiger partial charge in [0.25, 0.3) is 5.69 Å². The van der Waals surface area contributed by atoms with Gasteiger partial charge in [-0.1, -0.05) is 17.7 Å². The Morgan fingerprint density at radius 3 is 2.62 bits per heavy atom. The van der Waals surface area contributed by atoms with Gasteiger partial charge in [-0.05, 0) is 30.7 Å². The summed E-state index contributed by atoms with van der Waals surface area (Å²) in [7, 11) is 0. The fourth-order valence-electron chi connectivity index (χ4n) is 1.82. The number of aromatic carboxylic acids is 1. The summed E-state index contributed by atoms with van der Waals surface area (Å²) in [5.74, 6) is -1.25. The minimum absolute atomic E-state index is 0.177. The number of nitrogens with zero attached hydrogens (tertiary/aromatic N) is 1. The molecule has 0 bridgehead atoms. The number of non-ortho nitro benzene ring substituents is 1. The Bertz CT molecular complexity index is 731. The molecular formula is C14H11ClN2O4. The molecule has 0 spiro atoms. The molecule has 0 radical (unpaired) electrons. The van der Waals surface area contributed by atoms with E-state index in [0.29, 0.717) is 10.7 Å². The maximum absolute atomic E-state index is 11.2. The van der Waals surface area contributed by atoms with Crippen molar-refractivity contribution in [3.8, 4) is 0 Å². The molecular weight excluding hydrogens is 296 g/mol. The van der Waals surface area contributed by atoms with Gasteiger partial charge < -0.3 is 10.4 Å². The monoisotopic (exact) mass is 306 g/mol. The number of halogens is 1. The number of hydrogen-bond acceptors (Lipinski definition) is 4. The summed E-state index contributed by atoms with van der Waals surface area (Å²) in [6, 6.07) is 8.81. The fraction of sp³-hybridized carbons (Fsp3) is 0.0714. The quantitative estimate of drug-likeness (QED) is 0.658. The molecule has 0 heterocycles. The highest BCUT2D eigenvalue weighted by Crippen LogP contribution is 2.29. The molecule has 0 fully saturated rings. The third-order valence-corrected chi connectivity index (χ3v) is 3.39. The largest absolute Gasteiger partial charge is 0.478 e. The van der Waals surface area contributed by atoms with Gasteiger partial charge in [-0.3, -0.25) is 10.1 Å². The summed E-state index contributed by atoms with van der Waals surface area (Å²) in [6.07, 6.45) is 0. The topological polar surface area (TPSA) is 92.5 Å². The van der Waals surface area contributed by atoms with Crippen LogP contribution >= 0.6 is 11.6 Å². The average molecular weight is 307 g/mol. The predicted molar refractivity (Wildman–Crippen MR) is 79.5 cm³/mol. The molecule has 7 heteroatoms. The molecule has 0 aliphatic rings.